The van der Waals surface area contributed by atoms with Crippen LogP contribution in [0.1, 0.15) is 24.2 Å². The van der Waals surface area contributed by atoms with Crippen LogP contribution in [0.15, 0.2) is 42.5 Å². The predicted octanol–water partition coefficient (Wildman–Crippen LogP) is 3.78. The second-order valence-electron chi connectivity index (χ2n) is 5.29. The third-order valence-corrected chi connectivity index (χ3v) is 3.35. The van der Waals surface area contributed by atoms with Crippen LogP contribution in [0.5, 0.6) is 5.75 Å². The molecule has 0 heterocycles. The molecule has 0 fully saturated rings. The molecule has 20 heavy (non-hydrogen) atoms. The Morgan fingerprint density at radius 1 is 1.05 bits per heavy atom. The minimum atomic E-state index is -0.0321. The van der Waals surface area contributed by atoms with E-state index in [1.807, 2.05) is 46.1 Å². The highest BCUT2D eigenvalue weighted by atomic mass is 16.5. The number of hydrogen-bond acceptors (Lipinski definition) is 3. The van der Waals surface area contributed by atoms with E-state index in [4.69, 9.17) is 10.5 Å². The summed E-state index contributed by atoms with van der Waals surface area (Å²) < 4.78 is 5.97. The SMILES string of the molecule is Cc1ccc(N)c(OC(C)c2ccc(N(C)C)cc2)c1. The first kappa shape index (κ1) is 14.3. The number of nitrogens with two attached hydrogens (primary N) is 1. The van der Waals surface area contributed by atoms with Crippen LogP contribution < -0.4 is 15.4 Å². The fourth-order valence-electron chi connectivity index (χ4n) is 2.05. The van der Waals surface area contributed by atoms with Gasteiger partial charge in [-0.1, -0.05) is 18.2 Å². The average molecular weight is 270 g/mol. The largest absolute Gasteiger partial charge is 0.484 e. The van der Waals surface area contributed by atoms with Gasteiger partial charge in [0, 0.05) is 19.8 Å². The molecule has 0 aromatic heterocycles. The Morgan fingerprint density at radius 2 is 1.70 bits per heavy atom. The van der Waals surface area contributed by atoms with E-state index in [1.165, 1.54) is 5.69 Å². The van der Waals surface area contributed by atoms with Crippen LogP contribution in [-0.2, 0) is 0 Å². The molecule has 0 aliphatic carbocycles. The van der Waals surface area contributed by atoms with Crippen molar-refractivity contribution in [1.29, 1.82) is 0 Å². The van der Waals surface area contributed by atoms with Crippen molar-refractivity contribution in [3.63, 3.8) is 0 Å². The fraction of sp³-hybridized carbons (Fsp3) is 0.294. The second-order valence-corrected chi connectivity index (χ2v) is 5.29. The third-order valence-electron chi connectivity index (χ3n) is 3.35. The van der Waals surface area contributed by atoms with E-state index in [9.17, 15) is 0 Å². The van der Waals surface area contributed by atoms with Crippen LogP contribution in [0, 0.1) is 6.92 Å². The summed E-state index contributed by atoms with van der Waals surface area (Å²) in [5.74, 6) is 0.745. The Kier molecular flexibility index (Phi) is 4.18. The Morgan fingerprint density at radius 3 is 2.30 bits per heavy atom. The van der Waals surface area contributed by atoms with E-state index in [2.05, 4.69) is 29.2 Å². The van der Waals surface area contributed by atoms with Crippen LogP contribution in [-0.4, -0.2) is 14.1 Å². The zero-order valence-corrected chi connectivity index (χ0v) is 12.6. The van der Waals surface area contributed by atoms with Crippen molar-refractivity contribution in [2.45, 2.75) is 20.0 Å². The lowest BCUT2D eigenvalue weighted by Gasteiger charge is -2.18. The lowest BCUT2D eigenvalue weighted by atomic mass is 10.1. The van der Waals surface area contributed by atoms with Gasteiger partial charge in [-0.15, -0.1) is 0 Å². The number of aryl methyl sites for hydroxylation is 1. The Balaban J connectivity index is 2.15. The minimum absolute atomic E-state index is 0.0321. The highest BCUT2D eigenvalue weighted by molar-refractivity contribution is 5.54. The second kappa shape index (κ2) is 5.87. The number of benzene rings is 2. The van der Waals surface area contributed by atoms with E-state index in [-0.39, 0.29) is 6.10 Å². The molecule has 2 rings (SSSR count). The quantitative estimate of drug-likeness (QED) is 0.859. The van der Waals surface area contributed by atoms with Crippen molar-refractivity contribution >= 4 is 11.4 Å². The van der Waals surface area contributed by atoms with Crippen molar-refractivity contribution in [3.05, 3.63) is 53.6 Å². The Labute approximate surface area is 121 Å². The van der Waals surface area contributed by atoms with Gasteiger partial charge in [0.25, 0.3) is 0 Å². The normalized spacial score (nSPS) is 12.0. The molecule has 2 aromatic carbocycles. The van der Waals surface area contributed by atoms with E-state index in [0.29, 0.717) is 5.69 Å². The molecule has 0 spiro atoms. The summed E-state index contributed by atoms with van der Waals surface area (Å²) in [5, 5.41) is 0. The zero-order chi connectivity index (χ0) is 14.7. The molecular formula is C17H22N2O. The van der Waals surface area contributed by atoms with Gasteiger partial charge in [0.1, 0.15) is 11.9 Å². The van der Waals surface area contributed by atoms with Crippen molar-refractivity contribution in [2.24, 2.45) is 0 Å². The molecule has 0 aliphatic rings. The van der Waals surface area contributed by atoms with Gasteiger partial charge in [-0.25, -0.2) is 0 Å². The molecule has 2 N–H and O–H groups in total. The maximum absolute atomic E-state index is 5.97. The van der Waals surface area contributed by atoms with Gasteiger partial charge in [-0.05, 0) is 49.2 Å². The molecule has 0 radical (unpaired) electrons. The Hall–Kier alpha value is -2.16. The first-order chi connectivity index (χ1) is 9.47. The van der Waals surface area contributed by atoms with Gasteiger partial charge in [0.15, 0.2) is 0 Å². The van der Waals surface area contributed by atoms with Crippen molar-refractivity contribution < 1.29 is 4.74 Å². The molecule has 0 amide bonds. The maximum atomic E-state index is 5.97. The smallest absolute Gasteiger partial charge is 0.143 e. The summed E-state index contributed by atoms with van der Waals surface area (Å²) in [6.07, 6.45) is -0.0321. The number of rotatable bonds is 4. The Bertz CT molecular complexity index is 576. The molecule has 0 saturated carbocycles. The number of nitrogens with zero attached hydrogens (tertiary/aromatic N) is 1. The first-order valence-electron chi connectivity index (χ1n) is 6.77. The number of hydrogen-bond donors (Lipinski definition) is 1. The summed E-state index contributed by atoms with van der Waals surface area (Å²) in [7, 11) is 4.06. The molecule has 1 atom stereocenters. The van der Waals surface area contributed by atoms with Gasteiger partial charge in [-0.3, -0.25) is 0 Å². The minimum Gasteiger partial charge on any atom is -0.484 e. The number of anilines is 2. The van der Waals surface area contributed by atoms with Crippen molar-refractivity contribution in [1.82, 2.24) is 0 Å². The van der Waals surface area contributed by atoms with E-state index in [0.717, 1.165) is 16.9 Å². The summed E-state index contributed by atoms with van der Waals surface area (Å²) >= 11 is 0. The highest BCUT2D eigenvalue weighted by Crippen LogP contribution is 2.28. The summed E-state index contributed by atoms with van der Waals surface area (Å²) in [6, 6.07) is 14.2. The van der Waals surface area contributed by atoms with Gasteiger partial charge in [0.05, 0.1) is 5.69 Å². The highest BCUT2D eigenvalue weighted by Gasteiger charge is 2.10. The topological polar surface area (TPSA) is 38.5 Å². The lowest BCUT2D eigenvalue weighted by Crippen LogP contribution is -2.09. The van der Waals surface area contributed by atoms with Crippen LogP contribution in [0.25, 0.3) is 0 Å². The van der Waals surface area contributed by atoms with Crippen LogP contribution >= 0.6 is 0 Å². The van der Waals surface area contributed by atoms with Gasteiger partial charge < -0.3 is 15.4 Å². The monoisotopic (exact) mass is 270 g/mol. The molecule has 3 heteroatoms. The third kappa shape index (κ3) is 3.23. The van der Waals surface area contributed by atoms with Crippen molar-refractivity contribution in [2.75, 3.05) is 24.7 Å². The zero-order valence-electron chi connectivity index (χ0n) is 12.6. The fourth-order valence-corrected chi connectivity index (χ4v) is 2.05. The maximum Gasteiger partial charge on any atom is 0.143 e. The van der Waals surface area contributed by atoms with Gasteiger partial charge in [-0.2, -0.15) is 0 Å². The summed E-state index contributed by atoms with van der Waals surface area (Å²) in [6.45, 7) is 4.06. The van der Waals surface area contributed by atoms with Crippen LogP contribution in [0.2, 0.25) is 0 Å². The van der Waals surface area contributed by atoms with Crippen LogP contribution in [0.4, 0.5) is 11.4 Å². The van der Waals surface area contributed by atoms with Gasteiger partial charge >= 0.3 is 0 Å². The molecule has 0 saturated heterocycles. The molecule has 2 aromatic rings. The van der Waals surface area contributed by atoms with E-state index in [1.54, 1.807) is 0 Å². The summed E-state index contributed by atoms with van der Waals surface area (Å²) in [4.78, 5) is 2.08. The van der Waals surface area contributed by atoms with E-state index < -0.39 is 0 Å². The molecule has 0 bridgehead atoms. The number of nitrogen functional groups attached to an aromatic ring is 1. The first-order valence-corrected chi connectivity index (χ1v) is 6.77. The standard InChI is InChI=1S/C17H22N2O/c1-12-5-10-16(18)17(11-12)20-13(2)14-6-8-15(9-7-14)19(3)4/h5-11,13H,18H2,1-4H3. The molecule has 3 nitrogen and oxygen atoms in total. The van der Waals surface area contributed by atoms with Gasteiger partial charge in [0.2, 0.25) is 0 Å². The molecular weight excluding hydrogens is 248 g/mol. The predicted molar refractivity (Wildman–Crippen MR) is 85.4 cm³/mol. The molecule has 1 unspecified atom stereocenters. The summed E-state index contributed by atoms with van der Waals surface area (Å²) in [5.41, 5.74) is 10.1. The lowest BCUT2D eigenvalue weighted by molar-refractivity contribution is 0.228. The van der Waals surface area contributed by atoms with Crippen molar-refractivity contribution in [3.8, 4) is 5.75 Å². The van der Waals surface area contributed by atoms with E-state index >= 15 is 0 Å². The average Bonchev–Trinajstić information content (AvgIpc) is 2.43. The molecule has 106 valence electrons. The number of ether oxygens (including phenoxy) is 1. The van der Waals surface area contributed by atoms with Crippen LogP contribution in [0.3, 0.4) is 0 Å². The molecule has 0 aliphatic heterocycles.